The molecule has 0 saturated carbocycles. The van der Waals surface area contributed by atoms with Crippen LogP contribution in [0.2, 0.25) is 0 Å². The number of ether oxygens (including phenoxy) is 1. The lowest BCUT2D eigenvalue weighted by molar-refractivity contribution is -0.117. The topological polar surface area (TPSA) is 41.6 Å². The van der Waals surface area contributed by atoms with Crippen LogP contribution in [-0.4, -0.2) is 31.5 Å². The Morgan fingerprint density at radius 3 is 2.76 bits per heavy atom. The highest BCUT2D eigenvalue weighted by Crippen LogP contribution is 2.23. The molecule has 5 heteroatoms. The number of anilines is 1. The summed E-state index contributed by atoms with van der Waals surface area (Å²) in [5.41, 5.74) is 1.97. The number of thiophene rings is 1. The molecule has 0 atom stereocenters. The lowest BCUT2D eigenvalue weighted by atomic mass is 10.2. The van der Waals surface area contributed by atoms with Gasteiger partial charge in [0.15, 0.2) is 0 Å². The Morgan fingerprint density at radius 1 is 1.33 bits per heavy atom. The van der Waals surface area contributed by atoms with Crippen molar-refractivity contribution in [2.75, 3.05) is 26.0 Å². The number of hydrogen-bond acceptors (Lipinski definition) is 4. The van der Waals surface area contributed by atoms with Gasteiger partial charge in [-0.05, 0) is 43.1 Å². The zero-order chi connectivity index (χ0) is 15.2. The molecular formula is C16H20N2O2S. The van der Waals surface area contributed by atoms with Crippen LogP contribution >= 0.6 is 11.3 Å². The number of likely N-dealkylation sites (N-methyl/N-ethyl adjacent to an activating group) is 1. The summed E-state index contributed by atoms with van der Waals surface area (Å²) in [6, 6.07) is 9.51. The number of benzene rings is 1. The normalized spacial score (nSPS) is 10.7. The quantitative estimate of drug-likeness (QED) is 0.891. The number of methoxy groups -OCH3 is 1. The first-order valence-corrected chi connectivity index (χ1v) is 7.62. The summed E-state index contributed by atoms with van der Waals surface area (Å²) in [5.74, 6) is 0.624. The van der Waals surface area contributed by atoms with Gasteiger partial charge in [0.25, 0.3) is 0 Å². The van der Waals surface area contributed by atoms with E-state index in [0.29, 0.717) is 18.0 Å². The standard InChI is InChI=1S/C16H20N2O2S/c1-12-8-9-21-15(12)10-18(2)11-16(19)17-13-6-4-5-7-14(13)20-3/h4-9H,10-11H2,1-3H3,(H,17,19). The van der Waals surface area contributed by atoms with Crippen molar-refractivity contribution in [3.05, 3.63) is 46.2 Å². The van der Waals surface area contributed by atoms with Crippen LogP contribution in [0.25, 0.3) is 0 Å². The third-order valence-corrected chi connectivity index (χ3v) is 4.18. The molecule has 1 amide bonds. The number of nitrogens with one attached hydrogen (secondary N) is 1. The number of nitrogens with zero attached hydrogens (tertiary/aromatic N) is 1. The smallest absolute Gasteiger partial charge is 0.238 e. The molecule has 0 fully saturated rings. The van der Waals surface area contributed by atoms with Gasteiger partial charge in [0, 0.05) is 11.4 Å². The van der Waals surface area contributed by atoms with Crippen LogP contribution in [0.3, 0.4) is 0 Å². The molecule has 0 radical (unpaired) electrons. The fourth-order valence-electron chi connectivity index (χ4n) is 2.05. The number of carbonyl (C=O) groups excluding carboxylic acids is 1. The molecule has 2 rings (SSSR count). The van der Waals surface area contributed by atoms with Crippen molar-refractivity contribution in [2.24, 2.45) is 0 Å². The van der Waals surface area contributed by atoms with E-state index < -0.39 is 0 Å². The number of carbonyl (C=O) groups is 1. The maximum atomic E-state index is 12.1. The number of aryl methyl sites for hydroxylation is 1. The number of hydrogen-bond donors (Lipinski definition) is 1. The van der Waals surface area contributed by atoms with Crippen LogP contribution in [0, 0.1) is 6.92 Å². The zero-order valence-corrected chi connectivity index (χ0v) is 13.4. The first-order valence-electron chi connectivity index (χ1n) is 6.74. The summed E-state index contributed by atoms with van der Waals surface area (Å²) in [6.45, 7) is 3.22. The molecule has 0 aliphatic rings. The van der Waals surface area contributed by atoms with Gasteiger partial charge in [0.1, 0.15) is 5.75 Å². The Balaban J connectivity index is 1.91. The van der Waals surface area contributed by atoms with Gasteiger partial charge < -0.3 is 10.1 Å². The Kier molecular flexibility index (Phi) is 5.36. The molecule has 1 aromatic heterocycles. The van der Waals surface area contributed by atoms with E-state index in [0.717, 1.165) is 6.54 Å². The van der Waals surface area contributed by atoms with Crippen LogP contribution in [0.15, 0.2) is 35.7 Å². The van der Waals surface area contributed by atoms with Crippen LogP contribution in [0.5, 0.6) is 5.75 Å². The van der Waals surface area contributed by atoms with Crippen molar-refractivity contribution >= 4 is 22.9 Å². The SMILES string of the molecule is COc1ccccc1NC(=O)CN(C)Cc1sccc1C. The molecular weight excluding hydrogens is 284 g/mol. The van der Waals surface area contributed by atoms with Crippen LogP contribution in [0.4, 0.5) is 5.69 Å². The van der Waals surface area contributed by atoms with E-state index in [-0.39, 0.29) is 5.91 Å². The van der Waals surface area contributed by atoms with Crippen molar-refractivity contribution < 1.29 is 9.53 Å². The lowest BCUT2D eigenvalue weighted by Gasteiger charge is -2.16. The fraction of sp³-hybridized carbons (Fsp3) is 0.312. The van der Waals surface area contributed by atoms with Gasteiger partial charge in [-0.15, -0.1) is 11.3 Å². The van der Waals surface area contributed by atoms with Crippen molar-refractivity contribution in [2.45, 2.75) is 13.5 Å². The minimum absolute atomic E-state index is 0.0452. The fourth-order valence-corrected chi connectivity index (χ4v) is 3.04. The molecule has 0 aliphatic heterocycles. The maximum absolute atomic E-state index is 12.1. The first-order chi connectivity index (χ1) is 10.1. The second kappa shape index (κ2) is 7.24. The molecule has 112 valence electrons. The summed E-state index contributed by atoms with van der Waals surface area (Å²) in [4.78, 5) is 15.4. The summed E-state index contributed by atoms with van der Waals surface area (Å²) < 4.78 is 5.23. The molecule has 0 spiro atoms. The summed E-state index contributed by atoms with van der Waals surface area (Å²) in [6.07, 6.45) is 0. The molecule has 21 heavy (non-hydrogen) atoms. The first kappa shape index (κ1) is 15.5. The molecule has 1 aromatic carbocycles. The van der Waals surface area contributed by atoms with E-state index in [1.807, 2.05) is 36.2 Å². The second-order valence-electron chi connectivity index (χ2n) is 4.95. The van der Waals surface area contributed by atoms with Gasteiger partial charge in [0.2, 0.25) is 5.91 Å². The highest BCUT2D eigenvalue weighted by atomic mass is 32.1. The average molecular weight is 304 g/mol. The highest BCUT2D eigenvalue weighted by molar-refractivity contribution is 7.10. The van der Waals surface area contributed by atoms with E-state index in [9.17, 15) is 4.79 Å². The van der Waals surface area contributed by atoms with Gasteiger partial charge in [-0.2, -0.15) is 0 Å². The summed E-state index contributed by atoms with van der Waals surface area (Å²) in [7, 11) is 3.54. The van der Waals surface area contributed by atoms with Gasteiger partial charge in [-0.1, -0.05) is 12.1 Å². The lowest BCUT2D eigenvalue weighted by Crippen LogP contribution is -2.29. The van der Waals surface area contributed by atoms with Crippen LogP contribution in [0.1, 0.15) is 10.4 Å². The van der Waals surface area contributed by atoms with Crippen molar-refractivity contribution in [1.82, 2.24) is 4.90 Å². The number of para-hydroxylation sites is 2. The summed E-state index contributed by atoms with van der Waals surface area (Å²) in [5, 5.41) is 4.96. The molecule has 0 unspecified atom stereocenters. The Bertz CT molecular complexity index is 610. The van der Waals surface area contributed by atoms with Crippen molar-refractivity contribution in [1.29, 1.82) is 0 Å². The van der Waals surface area contributed by atoms with Crippen LogP contribution < -0.4 is 10.1 Å². The van der Waals surface area contributed by atoms with E-state index in [4.69, 9.17) is 4.74 Å². The molecule has 0 bridgehead atoms. The van der Waals surface area contributed by atoms with E-state index in [2.05, 4.69) is 23.7 Å². The number of rotatable bonds is 6. The maximum Gasteiger partial charge on any atom is 0.238 e. The largest absolute Gasteiger partial charge is 0.495 e. The molecule has 0 saturated heterocycles. The minimum Gasteiger partial charge on any atom is -0.495 e. The van der Waals surface area contributed by atoms with E-state index in [1.54, 1.807) is 18.4 Å². The van der Waals surface area contributed by atoms with Crippen molar-refractivity contribution in [3.8, 4) is 5.75 Å². The van der Waals surface area contributed by atoms with Gasteiger partial charge in [0.05, 0.1) is 19.3 Å². The monoisotopic (exact) mass is 304 g/mol. The Hall–Kier alpha value is -1.85. The zero-order valence-electron chi connectivity index (χ0n) is 12.6. The molecule has 4 nitrogen and oxygen atoms in total. The summed E-state index contributed by atoms with van der Waals surface area (Å²) >= 11 is 1.72. The minimum atomic E-state index is -0.0452. The predicted molar refractivity (Wildman–Crippen MR) is 87.0 cm³/mol. The molecule has 1 heterocycles. The number of amides is 1. The van der Waals surface area contributed by atoms with E-state index in [1.165, 1.54) is 10.4 Å². The third kappa shape index (κ3) is 4.31. The highest BCUT2D eigenvalue weighted by Gasteiger charge is 2.11. The second-order valence-corrected chi connectivity index (χ2v) is 5.95. The molecule has 1 N–H and O–H groups in total. The van der Waals surface area contributed by atoms with Gasteiger partial charge in [-0.25, -0.2) is 0 Å². The molecule has 2 aromatic rings. The third-order valence-electron chi connectivity index (χ3n) is 3.18. The van der Waals surface area contributed by atoms with Crippen molar-refractivity contribution in [3.63, 3.8) is 0 Å². The van der Waals surface area contributed by atoms with Crippen LogP contribution in [-0.2, 0) is 11.3 Å². The average Bonchev–Trinajstić information content (AvgIpc) is 2.84. The van der Waals surface area contributed by atoms with Gasteiger partial charge in [-0.3, -0.25) is 9.69 Å². The molecule has 0 aliphatic carbocycles. The van der Waals surface area contributed by atoms with E-state index >= 15 is 0 Å². The Morgan fingerprint density at radius 2 is 2.10 bits per heavy atom. The predicted octanol–water partition coefficient (Wildman–Crippen LogP) is 3.14. The van der Waals surface area contributed by atoms with Gasteiger partial charge >= 0.3 is 0 Å². The Labute approximate surface area is 129 Å².